The summed E-state index contributed by atoms with van der Waals surface area (Å²) >= 11 is 3.29. The van der Waals surface area contributed by atoms with Crippen LogP contribution in [0.15, 0.2) is 28.7 Å². The number of carbonyl (C=O) groups excluding carboxylic acids is 1. The maximum absolute atomic E-state index is 12.0. The van der Waals surface area contributed by atoms with Crippen LogP contribution < -0.4 is 11.1 Å². The quantitative estimate of drug-likeness (QED) is 0.714. The molecule has 1 aromatic rings. The summed E-state index contributed by atoms with van der Waals surface area (Å²) in [4.78, 5) is 11.9. The Bertz CT molecular complexity index is 603. The summed E-state index contributed by atoms with van der Waals surface area (Å²) in [7, 11) is -3.47. The van der Waals surface area contributed by atoms with Gasteiger partial charge in [0.1, 0.15) is 5.75 Å². The highest BCUT2D eigenvalue weighted by atomic mass is 79.9. The van der Waals surface area contributed by atoms with E-state index in [1.165, 1.54) is 0 Å². The highest BCUT2D eigenvalue weighted by molar-refractivity contribution is 9.10. The molecule has 0 heterocycles. The molecule has 0 radical (unpaired) electrons. The molecule has 0 aliphatic heterocycles. The third-order valence-corrected chi connectivity index (χ3v) is 5.45. The number of nitrogens with one attached hydrogen (secondary N) is 1. The maximum atomic E-state index is 12.0. The number of rotatable bonds is 7. The first-order chi connectivity index (χ1) is 9.89. The van der Waals surface area contributed by atoms with Crippen molar-refractivity contribution in [2.45, 2.75) is 24.6 Å². The molecular weight excluding hydrogens is 392 g/mol. The first kappa shape index (κ1) is 19.4. The van der Waals surface area contributed by atoms with Crippen molar-refractivity contribution in [1.29, 1.82) is 0 Å². The van der Waals surface area contributed by atoms with Gasteiger partial charge in [0.15, 0.2) is 9.84 Å². The van der Waals surface area contributed by atoms with E-state index < -0.39 is 21.5 Å². The first-order valence-corrected chi connectivity index (χ1v) is 9.45. The minimum Gasteiger partial charge on any atom is -0.351 e. The fourth-order valence-electron chi connectivity index (χ4n) is 2.20. The van der Waals surface area contributed by atoms with E-state index in [9.17, 15) is 13.2 Å². The molecule has 1 unspecified atom stereocenters. The highest BCUT2D eigenvalue weighted by Crippen LogP contribution is 2.32. The Morgan fingerprint density at radius 2 is 1.91 bits per heavy atom. The van der Waals surface area contributed by atoms with Crippen LogP contribution in [0.25, 0.3) is 0 Å². The van der Waals surface area contributed by atoms with Crippen LogP contribution in [0, 0.1) is 5.92 Å². The van der Waals surface area contributed by atoms with Crippen molar-refractivity contribution in [3.63, 3.8) is 0 Å². The lowest BCUT2D eigenvalue weighted by Gasteiger charge is -2.16. The summed E-state index contributed by atoms with van der Waals surface area (Å²) in [5.41, 5.74) is 6.26. The molecule has 124 valence electrons. The lowest BCUT2D eigenvalue weighted by molar-refractivity contribution is -0.119. The molecule has 3 N–H and O–H groups in total. The molecule has 1 fully saturated rings. The van der Waals surface area contributed by atoms with E-state index in [2.05, 4.69) is 21.2 Å². The first-order valence-electron chi connectivity index (χ1n) is 6.84. The third kappa shape index (κ3) is 6.24. The lowest BCUT2D eigenvalue weighted by atomic mass is 10.2. The monoisotopic (exact) mass is 410 g/mol. The molecule has 0 bridgehead atoms. The van der Waals surface area contributed by atoms with Crippen LogP contribution in [0.5, 0.6) is 0 Å². The topological polar surface area (TPSA) is 89.3 Å². The average molecular weight is 412 g/mol. The van der Waals surface area contributed by atoms with Gasteiger partial charge in [-0.15, -0.1) is 12.4 Å². The molecule has 0 saturated heterocycles. The second-order valence-electron chi connectivity index (χ2n) is 5.41. The van der Waals surface area contributed by atoms with Crippen molar-refractivity contribution in [3.05, 3.63) is 34.3 Å². The van der Waals surface area contributed by atoms with Crippen molar-refractivity contribution >= 4 is 44.1 Å². The molecule has 1 amide bonds. The van der Waals surface area contributed by atoms with Gasteiger partial charge >= 0.3 is 0 Å². The van der Waals surface area contributed by atoms with E-state index in [0.717, 1.165) is 17.3 Å². The second kappa shape index (κ2) is 8.29. The van der Waals surface area contributed by atoms with Crippen molar-refractivity contribution in [1.82, 2.24) is 5.32 Å². The largest absolute Gasteiger partial charge is 0.351 e. The summed E-state index contributed by atoms with van der Waals surface area (Å²) in [5.74, 6) is -0.681. The Kier molecular flexibility index (Phi) is 7.31. The Morgan fingerprint density at radius 3 is 2.41 bits per heavy atom. The molecule has 1 saturated carbocycles. The zero-order valence-corrected chi connectivity index (χ0v) is 15.2. The van der Waals surface area contributed by atoms with Crippen molar-refractivity contribution in [2.24, 2.45) is 11.7 Å². The number of sulfone groups is 1. The summed E-state index contributed by atoms with van der Waals surface area (Å²) in [6, 6.07) is 6.92. The zero-order chi connectivity index (χ0) is 15.5. The molecule has 0 spiro atoms. The van der Waals surface area contributed by atoms with E-state index >= 15 is 0 Å². The van der Waals surface area contributed by atoms with Gasteiger partial charge < -0.3 is 11.1 Å². The SMILES string of the molecule is Cl.NCC(NC(=O)CS(=O)(=O)Cc1ccc(Br)cc1)C1CC1. The summed E-state index contributed by atoms with van der Waals surface area (Å²) < 4.78 is 25.0. The van der Waals surface area contributed by atoms with Crippen LogP contribution in [0.2, 0.25) is 0 Å². The van der Waals surface area contributed by atoms with Gasteiger partial charge in [-0.2, -0.15) is 0 Å². The fourth-order valence-corrected chi connectivity index (χ4v) is 3.75. The van der Waals surface area contributed by atoms with Gasteiger partial charge in [-0.3, -0.25) is 4.79 Å². The Labute approximate surface area is 145 Å². The number of benzene rings is 1. The van der Waals surface area contributed by atoms with Crippen molar-refractivity contribution in [2.75, 3.05) is 12.3 Å². The molecule has 1 aliphatic rings. The Hall–Kier alpha value is -0.630. The number of halogens is 2. The number of amides is 1. The van der Waals surface area contributed by atoms with E-state index in [1.807, 2.05) is 0 Å². The smallest absolute Gasteiger partial charge is 0.235 e. The fraction of sp³-hybridized carbons (Fsp3) is 0.500. The maximum Gasteiger partial charge on any atom is 0.235 e. The van der Waals surface area contributed by atoms with Gasteiger partial charge in [0.25, 0.3) is 0 Å². The van der Waals surface area contributed by atoms with E-state index in [0.29, 0.717) is 18.0 Å². The number of nitrogens with two attached hydrogens (primary N) is 1. The van der Waals surface area contributed by atoms with E-state index in [-0.39, 0.29) is 24.2 Å². The van der Waals surface area contributed by atoms with Gasteiger partial charge in [0, 0.05) is 17.1 Å². The van der Waals surface area contributed by atoms with Gasteiger partial charge in [0.2, 0.25) is 5.91 Å². The van der Waals surface area contributed by atoms with Gasteiger partial charge in [0.05, 0.1) is 5.75 Å². The zero-order valence-electron chi connectivity index (χ0n) is 12.0. The van der Waals surface area contributed by atoms with E-state index in [1.54, 1.807) is 24.3 Å². The molecule has 1 aliphatic carbocycles. The van der Waals surface area contributed by atoms with Crippen LogP contribution in [-0.4, -0.2) is 32.7 Å². The van der Waals surface area contributed by atoms with Crippen LogP contribution >= 0.6 is 28.3 Å². The van der Waals surface area contributed by atoms with Gasteiger partial charge in [-0.25, -0.2) is 8.42 Å². The predicted octanol–water partition coefficient (Wildman–Crippen LogP) is 1.64. The number of hydrogen-bond acceptors (Lipinski definition) is 4. The van der Waals surface area contributed by atoms with Crippen LogP contribution in [-0.2, 0) is 20.4 Å². The third-order valence-electron chi connectivity index (χ3n) is 3.44. The lowest BCUT2D eigenvalue weighted by Crippen LogP contribution is -2.44. The predicted molar refractivity (Wildman–Crippen MR) is 92.6 cm³/mol. The Balaban J connectivity index is 0.00000242. The summed E-state index contributed by atoms with van der Waals surface area (Å²) in [6.45, 7) is 0.350. The van der Waals surface area contributed by atoms with Crippen LogP contribution in [0.1, 0.15) is 18.4 Å². The van der Waals surface area contributed by atoms with Crippen LogP contribution in [0.4, 0.5) is 0 Å². The van der Waals surface area contributed by atoms with Crippen molar-refractivity contribution in [3.8, 4) is 0 Å². The normalized spacial score (nSPS) is 15.7. The van der Waals surface area contributed by atoms with Crippen LogP contribution in [0.3, 0.4) is 0 Å². The molecule has 5 nitrogen and oxygen atoms in total. The molecule has 0 aromatic heterocycles. The minimum atomic E-state index is -3.47. The Morgan fingerprint density at radius 1 is 1.32 bits per heavy atom. The summed E-state index contributed by atoms with van der Waals surface area (Å²) in [5, 5.41) is 2.73. The van der Waals surface area contributed by atoms with E-state index in [4.69, 9.17) is 5.73 Å². The molecule has 8 heteroatoms. The molecule has 1 aromatic carbocycles. The molecule has 22 heavy (non-hydrogen) atoms. The molecular formula is C14H20BrClN2O3S. The van der Waals surface area contributed by atoms with Gasteiger partial charge in [-0.05, 0) is 36.5 Å². The molecule has 1 atom stereocenters. The number of carbonyl (C=O) groups is 1. The number of hydrogen-bond donors (Lipinski definition) is 2. The standard InChI is InChI=1S/C14H19BrN2O3S.ClH/c15-12-5-1-10(2-6-12)8-21(19,20)9-14(18)17-13(7-16)11-3-4-11;/h1-2,5-6,11,13H,3-4,7-9,16H2,(H,17,18);1H. The molecule has 2 rings (SSSR count). The average Bonchev–Trinajstić information content (AvgIpc) is 3.22. The van der Waals surface area contributed by atoms with Crippen molar-refractivity contribution < 1.29 is 13.2 Å². The minimum absolute atomic E-state index is 0. The van der Waals surface area contributed by atoms with Gasteiger partial charge in [-0.1, -0.05) is 28.1 Å². The highest BCUT2D eigenvalue weighted by Gasteiger charge is 2.32. The second-order valence-corrected chi connectivity index (χ2v) is 8.39. The summed E-state index contributed by atoms with van der Waals surface area (Å²) in [6.07, 6.45) is 2.10.